The Morgan fingerprint density at radius 1 is 0.500 bits per heavy atom. The molecule has 4 heterocycles. The molecule has 0 aliphatic carbocycles. The van der Waals surface area contributed by atoms with Crippen LogP contribution in [0.1, 0.15) is 65.2 Å². The summed E-state index contributed by atoms with van der Waals surface area (Å²) in [4.78, 5) is 2.74. The SMILES string of the molecule is CCCCCCn1c2ccccc2c2c(-c3cccs3)c3c(c(-c4cccs4)c21)c1ccccc1n3CCCCCC. The highest BCUT2D eigenvalue weighted by atomic mass is 32.1. The van der Waals surface area contributed by atoms with E-state index in [4.69, 9.17) is 0 Å². The minimum atomic E-state index is 1.05. The van der Waals surface area contributed by atoms with Gasteiger partial charge in [0, 0.05) is 66.5 Å². The minimum Gasteiger partial charge on any atom is -0.340 e. The number of hydrogen-bond acceptors (Lipinski definition) is 2. The standard InChI is InChI=1S/C38H40N2S2/c1-3-5-7-13-23-39-29-19-11-9-17-27(29)33-36(32-22-16-26-42-32)38-34(35(37(33)39)31-21-15-25-41-31)28-18-10-12-20-30(28)40(38)24-14-8-6-4-2/h9-12,15-22,25-26H,3-8,13-14,23-24H2,1-2H3. The van der Waals surface area contributed by atoms with E-state index in [1.807, 2.05) is 22.7 Å². The van der Waals surface area contributed by atoms with Crippen molar-refractivity contribution in [1.82, 2.24) is 9.13 Å². The van der Waals surface area contributed by atoms with Crippen LogP contribution in [-0.2, 0) is 13.1 Å². The zero-order chi connectivity index (χ0) is 28.5. The number of para-hydroxylation sites is 2. The molecule has 0 spiro atoms. The Morgan fingerprint density at radius 3 is 1.36 bits per heavy atom. The molecule has 7 rings (SSSR count). The quantitative estimate of drug-likeness (QED) is 0.126. The lowest BCUT2D eigenvalue weighted by Crippen LogP contribution is -2.01. The van der Waals surface area contributed by atoms with Crippen LogP contribution in [0.2, 0.25) is 0 Å². The second-order valence-electron chi connectivity index (χ2n) is 11.6. The number of benzene rings is 3. The summed E-state index contributed by atoms with van der Waals surface area (Å²) in [6.07, 6.45) is 10.1. The Bertz CT molecular complexity index is 1810. The molecule has 0 radical (unpaired) electrons. The molecule has 0 atom stereocenters. The van der Waals surface area contributed by atoms with Crippen LogP contribution in [0.25, 0.3) is 64.5 Å². The average molecular weight is 589 g/mol. The normalized spacial score (nSPS) is 12.0. The van der Waals surface area contributed by atoms with Gasteiger partial charge in [0.2, 0.25) is 0 Å². The third-order valence-corrected chi connectivity index (χ3v) is 10.7. The molecule has 0 saturated heterocycles. The van der Waals surface area contributed by atoms with Gasteiger partial charge in [-0.2, -0.15) is 0 Å². The summed E-state index contributed by atoms with van der Waals surface area (Å²) >= 11 is 3.76. The fourth-order valence-electron chi connectivity index (χ4n) is 7.05. The predicted molar refractivity (Wildman–Crippen MR) is 187 cm³/mol. The van der Waals surface area contributed by atoms with Gasteiger partial charge >= 0.3 is 0 Å². The Morgan fingerprint density at radius 2 is 0.952 bits per heavy atom. The van der Waals surface area contributed by atoms with Crippen LogP contribution in [0.5, 0.6) is 0 Å². The second kappa shape index (κ2) is 12.1. The fourth-order valence-corrected chi connectivity index (χ4v) is 8.60. The second-order valence-corrected chi connectivity index (χ2v) is 13.5. The summed E-state index contributed by atoms with van der Waals surface area (Å²) in [6, 6.07) is 27.5. The zero-order valence-corrected chi connectivity index (χ0v) is 26.5. The third-order valence-electron chi connectivity index (χ3n) is 8.92. The largest absolute Gasteiger partial charge is 0.340 e. The minimum absolute atomic E-state index is 1.05. The summed E-state index contributed by atoms with van der Waals surface area (Å²) < 4.78 is 5.36. The van der Waals surface area contributed by atoms with Crippen LogP contribution in [0.3, 0.4) is 0 Å². The number of aromatic nitrogens is 2. The van der Waals surface area contributed by atoms with E-state index >= 15 is 0 Å². The van der Waals surface area contributed by atoms with Gasteiger partial charge in [0.1, 0.15) is 0 Å². The van der Waals surface area contributed by atoms with Crippen molar-refractivity contribution in [3.63, 3.8) is 0 Å². The van der Waals surface area contributed by atoms with Crippen molar-refractivity contribution in [2.45, 2.75) is 78.3 Å². The van der Waals surface area contributed by atoms with Crippen LogP contribution >= 0.6 is 22.7 Å². The Labute approximate surface area is 257 Å². The average Bonchev–Trinajstić information content (AvgIpc) is 3.84. The first-order valence-corrected chi connectivity index (χ1v) is 17.6. The van der Waals surface area contributed by atoms with Crippen molar-refractivity contribution >= 4 is 66.3 Å². The monoisotopic (exact) mass is 588 g/mol. The first kappa shape index (κ1) is 27.5. The molecule has 2 nitrogen and oxygen atoms in total. The van der Waals surface area contributed by atoms with Crippen molar-refractivity contribution < 1.29 is 0 Å². The lowest BCUT2D eigenvalue weighted by Gasteiger charge is -2.17. The van der Waals surface area contributed by atoms with Gasteiger partial charge in [0.25, 0.3) is 0 Å². The maximum Gasteiger partial charge on any atom is 0.0593 e. The van der Waals surface area contributed by atoms with Gasteiger partial charge in [-0.15, -0.1) is 22.7 Å². The van der Waals surface area contributed by atoms with Crippen LogP contribution in [0.15, 0.2) is 83.6 Å². The highest BCUT2D eigenvalue weighted by Crippen LogP contribution is 2.52. The smallest absolute Gasteiger partial charge is 0.0593 e. The molecule has 4 aromatic heterocycles. The van der Waals surface area contributed by atoms with Crippen molar-refractivity contribution in [1.29, 1.82) is 0 Å². The van der Waals surface area contributed by atoms with E-state index < -0.39 is 0 Å². The van der Waals surface area contributed by atoms with Crippen molar-refractivity contribution in [3.05, 3.63) is 83.6 Å². The van der Waals surface area contributed by atoms with E-state index in [9.17, 15) is 0 Å². The first-order valence-electron chi connectivity index (χ1n) is 15.9. The predicted octanol–water partition coefficient (Wildman–Crippen LogP) is 12.5. The van der Waals surface area contributed by atoms with Crippen molar-refractivity contribution in [3.8, 4) is 20.9 Å². The van der Waals surface area contributed by atoms with E-state index in [1.54, 1.807) is 0 Å². The van der Waals surface area contributed by atoms with E-state index in [0.717, 1.165) is 13.1 Å². The molecule has 0 fully saturated rings. The van der Waals surface area contributed by atoms with Crippen LogP contribution in [-0.4, -0.2) is 9.13 Å². The van der Waals surface area contributed by atoms with Crippen LogP contribution in [0, 0.1) is 0 Å². The summed E-state index contributed by atoms with van der Waals surface area (Å²) in [5.41, 5.74) is 8.41. The van der Waals surface area contributed by atoms with Gasteiger partial charge in [-0.05, 0) is 47.9 Å². The number of aryl methyl sites for hydroxylation is 2. The number of rotatable bonds is 12. The molecule has 3 aromatic carbocycles. The molecule has 0 aliphatic rings. The lowest BCUT2D eigenvalue weighted by atomic mass is 9.95. The van der Waals surface area contributed by atoms with Crippen LogP contribution < -0.4 is 0 Å². The molecule has 0 amide bonds. The van der Waals surface area contributed by atoms with Crippen molar-refractivity contribution in [2.24, 2.45) is 0 Å². The van der Waals surface area contributed by atoms with Gasteiger partial charge in [-0.3, -0.25) is 0 Å². The van der Waals surface area contributed by atoms with Crippen molar-refractivity contribution in [2.75, 3.05) is 0 Å². The number of nitrogens with zero attached hydrogens (tertiary/aromatic N) is 2. The summed E-state index contributed by atoms with van der Waals surface area (Å²) in [5, 5.41) is 10.1. The molecule has 0 unspecified atom stereocenters. The molecule has 7 aromatic rings. The van der Waals surface area contributed by atoms with Gasteiger partial charge in [0.05, 0.1) is 11.0 Å². The molecule has 214 valence electrons. The molecule has 4 heteroatoms. The number of thiophene rings is 2. The summed E-state index contributed by atoms with van der Waals surface area (Å²) in [7, 11) is 0. The Kier molecular flexibility index (Phi) is 7.92. The van der Waals surface area contributed by atoms with E-state index in [0.29, 0.717) is 0 Å². The van der Waals surface area contributed by atoms with E-state index in [1.165, 1.54) is 116 Å². The maximum atomic E-state index is 2.68. The molecule has 42 heavy (non-hydrogen) atoms. The summed E-state index contributed by atoms with van der Waals surface area (Å²) in [5.74, 6) is 0. The van der Waals surface area contributed by atoms with Crippen LogP contribution in [0.4, 0.5) is 0 Å². The molecule has 0 bridgehead atoms. The van der Waals surface area contributed by atoms with E-state index in [2.05, 4.69) is 107 Å². The number of fused-ring (bicyclic) bond motifs is 6. The molecular formula is C38H40N2S2. The molecule has 0 N–H and O–H groups in total. The fraction of sp³-hybridized carbons (Fsp3) is 0.316. The molecule has 0 aliphatic heterocycles. The molecular weight excluding hydrogens is 549 g/mol. The number of unbranched alkanes of at least 4 members (excludes halogenated alkanes) is 6. The summed E-state index contributed by atoms with van der Waals surface area (Å²) in [6.45, 7) is 6.70. The molecule has 0 saturated carbocycles. The number of hydrogen-bond donors (Lipinski definition) is 0. The van der Waals surface area contributed by atoms with Gasteiger partial charge in [-0.1, -0.05) is 101 Å². The van der Waals surface area contributed by atoms with Gasteiger partial charge in [0.15, 0.2) is 0 Å². The third kappa shape index (κ3) is 4.60. The highest BCUT2D eigenvalue weighted by Gasteiger charge is 2.28. The van der Waals surface area contributed by atoms with Gasteiger partial charge < -0.3 is 9.13 Å². The van der Waals surface area contributed by atoms with Gasteiger partial charge in [-0.25, -0.2) is 0 Å². The van der Waals surface area contributed by atoms with E-state index in [-0.39, 0.29) is 0 Å². The zero-order valence-electron chi connectivity index (χ0n) is 24.9. The topological polar surface area (TPSA) is 9.86 Å². The lowest BCUT2D eigenvalue weighted by molar-refractivity contribution is 0.602. The Balaban J connectivity index is 1.68. The highest BCUT2D eigenvalue weighted by molar-refractivity contribution is 7.14. The first-order chi connectivity index (χ1) is 20.8. The Hall–Kier alpha value is -3.34. The maximum absolute atomic E-state index is 2.68.